The number of ether oxygens (including phenoxy) is 3. The van der Waals surface area contributed by atoms with Crippen LogP contribution in [0.4, 0.5) is 5.00 Å². The van der Waals surface area contributed by atoms with Crippen LogP contribution >= 0.6 is 11.3 Å². The summed E-state index contributed by atoms with van der Waals surface area (Å²) in [6.07, 6.45) is 3.92. The van der Waals surface area contributed by atoms with E-state index in [-0.39, 0.29) is 6.61 Å². The van der Waals surface area contributed by atoms with Crippen molar-refractivity contribution in [2.75, 3.05) is 18.5 Å². The van der Waals surface area contributed by atoms with Crippen LogP contribution in [0.2, 0.25) is 0 Å². The summed E-state index contributed by atoms with van der Waals surface area (Å²) in [5.41, 5.74) is 6.32. The van der Waals surface area contributed by atoms with E-state index in [1.807, 2.05) is 38.1 Å². The first-order valence-corrected chi connectivity index (χ1v) is 13.6. The van der Waals surface area contributed by atoms with Crippen molar-refractivity contribution in [3.63, 3.8) is 0 Å². The first-order chi connectivity index (χ1) is 18.9. The molecular weight excluding hydrogens is 518 g/mol. The number of anilines is 1. The van der Waals surface area contributed by atoms with Gasteiger partial charge in [0.15, 0.2) is 11.5 Å². The molecule has 4 rings (SSSR count). The molecule has 0 aliphatic heterocycles. The zero-order valence-corrected chi connectivity index (χ0v) is 23.0. The molecule has 0 atom stereocenters. The zero-order chi connectivity index (χ0) is 27.8. The van der Waals surface area contributed by atoms with Gasteiger partial charge >= 0.3 is 17.8 Å². The Labute approximate surface area is 231 Å². The summed E-state index contributed by atoms with van der Waals surface area (Å²) in [7, 11) is 0. The lowest BCUT2D eigenvalue weighted by Crippen LogP contribution is -2.32. The number of fused-ring (bicyclic) bond motifs is 1. The molecule has 2 aromatic carbocycles. The average molecular weight is 550 g/mol. The van der Waals surface area contributed by atoms with Gasteiger partial charge in [-0.2, -0.15) is 5.10 Å². The van der Waals surface area contributed by atoms with E-state index in [0.29, 0.717) is 40.8 Å². The van der Waals surface area contributed by atoms with Crippen molar-refractivity contribution in [3.05, 3.63) is 75.2 Å². The third kappa shape index (κ3) is 7.02. The highest BCUT2D eigenvalue weighted by Gasteiger charge is 2.29. The quantitative estimate of drug-likeness (QED) is 0.163. The van der Waals surface area contributed by atoms with Crippen molar-refractivity contribution in [3.8, 4) is 11.5 Å². The molecule has 0 radical (unpaired) electrons. The van der Waals surface area contributed by atoms with E-state index in [0.717, 1.165) is 35.3 Å². The van der Waals surface area contributed by atoms with Crippen LogP contribution in [0.25, 0.3) is 0 Å². The normalized spacial score (nSPS) is 12.2. The van der Waals surface area contributed by atoms with E-state index in [1.54, 1.807) is 25.1 Å². The van der Waals surface area contributed by atoms with Crippen molar-refractivity contribution in [1.82, 2.24) is 5.43 Å². The Kier molecular flexibility index (Phi) is 9.32. The summed E-state index contributed by atoms with van der Waals surface area (Å²) in [6, 6.07) is 13.4. The Hall–Kier alpha value is -4.18. The van der Waals surface area contributed by atoms with Gasteiger partial charge in [0.25, 0.3) is 0 Å². The monoisotopic (exact) mass is 549 g/mol. The fraction of sp³-hybridized carbons (Fsp3) is 0.310. The van der Waals surface area contributed by atoms with Gasteiger partial charge in [0, 0.05) is 4.88 Å². The minimum atomic E-state index is -0.960. The fourth-order valence-electron chi connectivity index (χ4n) is 4.13. The molecule has 3 aromatic rings. The van der Waals surface area contributed by atoms with E-state index in [9.17, 15) is 14.4 Å². The number of nitrogens with one attached hydrogen (secondary N) is 2. The first kappa shape index (κ1) is 27.8. The molecule has 0 saturated heterocycles. The predicted octanol–water partition coefficient (Wildman–Crippen LogP) is 4.79. The maximum Gasteiger partial charge on any atom is 0.341 e. The lowest BCUT2D eigenvalue weighted by Gasteiger charge is -2.12. The molecule has 0 bridgehead atoms. The Morgan fingerprint density at radius 1 is 0.974 bits per heavy atom. The fourth-order valence-corrected chi connectivity index (χ4v) is 5.40. The van der Waals surface area contributed by atoms with Gasteiger partial charge in [-0.25, -0.2) is 10.2 Å². The number of carbonyl (C=O) groups is 3. The standard InChI is InChI=1S/C29H31N3O6S/c1-4-36-23-15-20(13-14-22(23)38-17-19-11-9-18(3)10-12-19)16-30-32-27(34)26(33)31-28-25(29(35)37-5-2)21-7-6-8-24(21)39-28/h9-16H,4-8,17H2,1-3H3,(H,31,33)(H,32,34)/b30-16+. The number of benzene rings is 2. The van der Waals surface area contributed by atoms with Gasteiger partial charge in [0.1, 0.15) is 11.6 Å². The second-order valence-corrected chi connectivity index (χ2v) is 9.95. The third-order valence-electron chi connectivity index (χ3n) is 6.00. The molecule has 9 nitrogen and oxygen atoms in total. The minimum Gasteiger partial charge on any atom is -0.490 e. The van der Waals surface area contributed by atoms with E-state index >= 15 is 0 Å². The van der Waals surface area contributed by atoms with Gasteiger partial charge in [0.2, 0.25) is 0 Å². The molecule has 1 heterocycles. The molecule has 2 amide bonds. The predicted molar refractivity (Wildman–Crippen MR) is 150 cm³/mol. The van der Waals surface area contributed by atoms with Gasteiger partial charge in [-0.1, -0.05) is 29.8 Å². The molecule has 0 spiro atoms. The number of hydrogen-bond donors (Lipinski definition) is 2. The maximum atomic E-state index is 12.5. The highest BCUT2D eigenvalue weighted by molar-refractivity contribution is 7.17. The number of esters is 1. The molecule has 1 aromatic heterocycles. The van der Waals surface area contributed by atoms with Gasteiger partial charge < -0.3 is 19.5 Å². The van der Waals surface area contributed by atoms with Crippen LogP contribution in [0.3, 0.4) is 0 Å². The van der Waals surface area contributed by atoms with Crippen LogP contribution in [0, 0.1) is 6.92 Å². The SMILES string of the molecule is CCOC(=O)c1c(NC(=O)C(=O)N/N=C/c2ccc(OCc3ccc(C)cc3)c(OCC)c2)sc2c1CCC2. The van der Waals surface area contributed by atoms with Gasteiger partial charge in [-0.15, -0.1) is 11.3 Å². The first-order valence-electron chi connectivity index (χ1n) is 12.8. The zero-order valence-electron chi connectivity index (χ0n) is 22.2. The Morgan fingerprint density at radius 3 is 2.51 bits per heavy atom. The lowest BCUT2D eigenvalue weighted by molar-refractivity contribution is -0.136. The Morgan fingerprint density at radius 2 is 1.77 bits per heavy atom. The number of thiophene rings is 1. The molecule has 0 saturated carbocycles. The molecule has 0 fully saturated rings. The molecule has 39 heavy (non-hydrogen) atoms. The highest BCUT2D eigenvalue weighted by atomic mass is 32.1. The van der Waals surface area contributed by atoms with Crippen LogP contribution in [0.5, 0.6) is 11.5 Å². The van der Waals surface area contributed by atoms with Crippen LogP contribution in [-0.2, 0) is 33.8 Å². The number of aryl methyl sites for hydroxylation is 2. The second kappa shape index (κ2) is 13.1. The largest absolute Gasteiger partial charge is 0.490 e. The number of hydrogen-bond acceptors (Lipinski definition) is 8. The molecule has 1 aliphatic rings. The van der Waals surface area contributed by atoms with E-state index < -0.39 is 17.8 Å². The number of rotatable bonds is 10. The molecule has 2 N–H and O–H groups in total. The van der Waals surface area contributed by atoms with Crippen LogP contribution < -0.4 is 20.2 Å². The molecule has 204 valence electrons. The smallest absolute Gasteiger partial charge is 0.341 e. The molecule has 1 aliphatic carbocycles. The van der Waals surface area contributed by atoms with Gasteiger partial charge in [-0.05, 0) is 74.9 Å². The molecule has 0 unspecified atom stereocenters. The van der Waals surface area contributed by atoms with E-state index in [1.165, 1.54) is 23.1 Å². The summed E-state index contributed by atoms with van der Waals surface area (Å²) >= 11 is 1.30. The van der Waals surface area contributed by atoms with Gasteiger partial charge in [-0.3, -0.25) is 9.59 Å². The minimum absolute atomic E-state index is 0.219. The summed E-state index contributed by atoms with van der Waals surface area (Å²) in [5.74, 6) is -1.26. The van der Waals surface area contributed by atoms with Crippen molar-refractivity contribution in [1.29, 1.82) is 0 Å². The van der Waals surface area contributed by atoms with E-state index in [2.05, 4.69) is 15.8 Å². The second-order valence-electron chi connectivity index (χ2n) is 8.85. The lowest BCUT2D eigenvalue weighted by atomic mass is 10.1. The molecular formula is C29H31N3O6S. The topological polar surface area (TPSA) is 115 Å². The van der Waals surface area contributed by atoms with Crippen molar-refractivity contribution < 1.29 is 28.6 Å². The van der Waals surface area contributed by atoms with Crippen LogP contribution in [0.15, 0.2) is 47.6 Å². The number of carbonyl (C=O) groups excluding carboxylic acids is 3. The number of amides is 2. The summed E-state index contributed by atoms with van der Waals surface area (Å²) < 4.78 is 16.8. The third-order valence-corrected chi connectivity index (χ3v) is 7.20. The van der Waals surface area contributed by atoms with E-state index in [4.69, 9.17) is 14.2 Å². The van der Waals surface area contributed by atoms with Crippen molar-refractivity contribution >= 4 is 40.3 Å². The van der Waals surface area contributed by atoms with Crippen LogP contribution in [-0.4, -0.2) is 37.2 Å². The molecule has 10 heteroatoms. The average Bonchev–Trinajstić information content (AvgIpc) is 3.50. The van der Waals surface area contributed by atoms with Crippen LogP contribution in [0.1, 0.15) is 57.8 Å². The highest BCUT2D eigenvalue weighted by Crippen LogP contribution is 2.39. The maximum absolute atomic E-state index is 12.5. The van der Waals surface area contributed by atoms with Crippen molar-refractivity contribution in [2.45, 2.75) is 46.6 Å². The Bertz CT molecular complexity index is 1380. The number of hydrazone groups is 1. The van der Waals surface area contributed by atoms with Crippen molar-refractivity contribution in [2.24, 2.45) is 5.10 Å². The summed E-state index contributed by atoms with van der Waals surface area (Å²) in [4.78, 5) is 38.4. The number of nitrogens with zero attached hydrogens (tertiary/aromatic N) is 1. The summed E-state index contributed by atoms with van der Waals surface area (Å²) in [5, 5.41) is 6.78. The summed E-state index contributed by atoms with van der Waals surface area (Å²) in [6.45, 7) is 6.68. The van der Waals surface area contributed by atoms with Gasteiger partial charge in [0.05, 0.1) is 25.0 Å². The Balaban J connectivity index is 1.37.